The molecule has 0 aliphatic carbocycles. The van der Waals surface area contributed by atoms with Crippen LogP contribution in [0.1, 0.15) is 5.56 Å². The highest BCUT2D eigenvalue weighted by molar-refractivity contribution is 6.30. The summed E-state index contributed by atoms with van der Waals surface area (Å²) in [6.45, 7) is 0.577. The molecule has 1 N–H and O–H groups in total. The molecule has 0 aliphatic heterocycles. The summed E-state index contributed by atoms with van der Waals surface area (Å²) in [6, 6.07) is 17.6. The number of hydrogen-bond acceptors (Lipinski definition) is 2. The maximum atomic E-state index is 12.8. The summed E-state index contributed by atoms with van der Waals surface area (Å²) in [5.41, 5.74) is 1.95. The molecule has 2 aromatic carbocycles. The van der Waals surface area contributed by atoms with Gasteiger partial charge in [0.1, 0.15) is 11.6 Å². The van der Waals surface area contributed by atoms with E-state index in [-0.39, 0.29) is 18.2 Å². The van der Waals surface area contributed by atoms with Gasteiger partial charge in [-0.3, -0.25) is 0 Å². The third kappa shape index (κ3) is 4.03. The van der Waals surface area contributed by atoms with Gasteiger partial charge in [-0.1, -0.05) is 23.7 Å². The fourth-order valence-corrected chi connectivity index (χ4v) is 2.12. The molecule has 0 saturated heterocycles. The average Bonchev–Trinajstić information content (AvgIpc) is 2.96. The van der Waals surface area contributed by atoms with Gasteiger partial charge in [0, 0.05) is 23.2 Å². The van der Waals surface area contributed by atoms with Crippen molar-refractivity contribution in [3.8, 4) is 11.3 Å². The summed E-state index contributed by atoms with van der Waals surface area (Å²) in [6.07, 6.45) is 0. The predicted octanol–water partition coefficient (Wildman–Crippen LogP) is 5.77. The van der Waals surface area contributed by atoms with Gasteiger partial charge in [0.15, 0.2) is 5.88 Å². The highest BCUT2D eigenvalue weighted by atomic mass is 35.5. The first-order valence-electron chi connectivity index (χ1n) is 6.55. The second kappa shape index (κ2) is 7.34. The van der Waals surface area contributed by atoms with E-state index in [0.717, 1.165) is 16.9 Å². The highest BCUT2D eigenvalue weighted by Gasteiger charge is 2.04. The molecular weight excluding hydrogens is 324 g/mol. The lowest BCUT2D eigenvalue weighted by Crippen LogP contribution is -1.97. The van der Waals surface area contributed by atoms with E-state index in [4.69, 9.17) is 16.0 Å². The maximum Gasteiger partial charge on any atom is 0.193 e. The van der Waals surface area contributed by atoms with E-state index in [0.29, 0.717) is 17.5 Å². The molecule has 3 aromatic rings. The van der Waals surface area contributed by atoms with Crippen molar-refractivity contribution in [2.24, 2.45) is 0 Å². The summed E-state index contributed by atoms with van der Waals surface area (Å²) in [7, 11) is 0. The summed E-state index contributed by atoms with van der Waals surface area (Å²) in [5.74, 6) is 1.21. The third-order valence-corrected chi connectivity index (χ3v) is 3.37. The molecule has 0 fully saturated rings. The van der Waals surface area contributed by atoms with Gasteiger partial charge >= 0.3 is 0 Å². The average molecular weight is 338 g/mol. The molecule has 2 nitrogen and oxygen atoms in total. The second-order valence-corrected chi connectivity index (χ2v) is 5.09. The number of anilines is 1. The summed E-state index contributed by atoms with van der Waals surface area (Å²) < 4.78 is 18.5. The first kappa shape index (κ1) is 16.4. The Hall–Kier alpha value is -1.97. The van der Waals surface area contributed by atoms with Crippen LogP contribution >= 0.6 is 24.0 Å². The van der Waals surface area contributed by atoms with Gasteiger partial charge in [-0.05, 0) is 48.0 Å². The molecule has 0 unspecified atom stereocenters. The number of nitrogens with one attached hydrogen (secondary N) is 1. The molecule has 0 saturated carbocycles. The molecular formula is C17H14Cl2FNO. The zero-order valence-corrected chi connectivity index (χ0v) is 13.1. The highest BCUT2D eigenvalue weighted by Crippen LogP contribution is 2.26. The van der Waals surface area contributed by atoms with Crippen molar-refractivity contribution in [1.29, 1.82) is 0 Å². The zero-order chi connectivity index (χ0) is 14.7. The predicted molar refractivity (Wildman–Crippen MR) is 90.1 cm³/mol. The van der Waals surface area contributed by atoms with E-state index in [1.165, 1.54) is 12.1 Å². The molecule has 0 bridgehead atoms. The first-order valence-corrected chi connectivity index (χ1v) is 6.92. The molecule has 0 spiro atoms. The summed E-state index contributed by atoms with van der Waals surface area (Å²) in [5, 5.41) is 3.86. The van der Waals surface area contributed by atoms with Crippen LogP contribution in [-0.2, 0) is 6.54 Å². The Morgan fingerprint density at radius 3 is 2.27 bits per heavy atom. The number of benzene rings is 2. The molecule has 0 radical (unpaired) electrons. The summed E-state index contributed by atoms with van der Waals surface area (Å²) >= 11 is 5.86. The Kier molecular flexibility index (Phi) is 5.47. The van der Waals surface area contributed by atoms with Crippen molar-refractivity contribution >= 4 is 29.9 Å². The topological polar surface area (TPSA) is 25.2 Å². The molecule has 3 rings (SSSR count). The minimum atomic E-state index is -0.234. The van der Waals surface area contributed by atoms with Crippen LogP contribution in [0.5, 0.6) is 0 Å². The number of hydrogen-bond donors (Lipinski definition) is 1. The maximum absolute atomic E-state index is 12.8. The Balaban J connectivity index is 0.00000176. The van der Waals surface area contributed by atoms with E-state index < -0.39 is 0 Å². The third-order valence-electron chi connectivity index (χ3n) is 3.11. The van der Waals surface area contributed by atoms with E-state index >= 15 is 0 Å². The zero-order valence-electron chi connectivity index (χ0n) is 11.6. The second-order valence-electron chi connectivity index (χ2n) is 4.65. The SMILES string of the molecule is Cl.Fc1ccc(CNc2ccc(-c3ccc(Cl)cc3)o2)cc1. The lowest BCUT2D eigenvalue weighted by atomic mass is 10.2. The monoisotopic (exact) mass is 337 g/mol. The Morgan fingerprint density at radius 2 is 1.59 bits per heavy atom. The van der Waals surface area contributed by atoms with Crippen LogP contribution in [0.15, 0.2) is 65.1 Å². The van der Waals surface area contributed by atoms with Crippen LogP contribution in [0, 0.1) is 5.82 Å². The normalized spacial score (nSPS) is 10.1. The van der Waals surface area contributed by atoms with Crippen molar-refractivity contribution in [3.05, 3.63) is 77.1 Å². The van der Waals surface area contributed by atoms with E-state index in [1.807, 2.05) is 36.4 Å². The number of rotatable bonds is 4. The van der Waals surface area contributed by atoms with Crippen molar-refractivity contribution in [2.45, 2.75) is 6.54 Å². The van der Waals surface area contributed by atoms with Crippen LogP contribution < -0.4 is 5.32 Å². The number of furan rings is 1. The van der Waals surface area contributed by atoms with Gasteiger partial charge in [-0.2, -0.15) is 0 Å². The van der Waals surface area contributed by atoms with Crippen LogP contribution in [0.4, 0.5) is 10.3 Å². The van der Waals surface area contributed by atoms with E-state index in [2.05, 4.69) is 5.32 Å². The van der Waals surface area contributed by atoms with Gasteiger partial charge in [0.2, 0.25) is 0 Å². The molecule has 22 heavy (non-hydrogen) atoms. The van der Waals surface area contributed by atoms with Crippen LogP contribution in [0.2, 0.25) is 5.02 Å². The molecule has 1 aromatic heterocycles. The lowest BCUT2D eigenvalue weighted by Gasteiger charge is -2.03. The smallest absolute Gasteiger partial charge is 0.193 e. The Morgan fingerprint density at radius 1 is 0.909 bits per heavy atom. The molecule has 5 heteroatoms. The van der Waals surface area contributed by atoms with Crippen LogP contribution in [0.25, 0.3) is 11.3 Å². The molecule has 0 amide bonds. The Bertz CT molecular complexity index is 723. The largest absolute Gasteiger partial charge is 0.441 e. The van der Waals surface area contributed by atoms with Gasteiger partial charge in [0.05, 0.1) is 0 Å². The molecule has 114 valence electrons. The standard InChI is InChI=1S/C17H13ClFNO.ClH/c18-14-5-3-13(4-6-14)16-9-10-17(21-16)20-11-12-1-7-15(19)8-2-12;/h1-10,20H,11H2;1H. The Labute approximate surface area is 139 Å². The van der Waals surface area contributed by atoms with Gasteiger partial charge in [-0.15, -0.1) is 12.4 Å². The first-order chi connectivity index (χ1) is 10.2. The molecule has 0 aliphatic rings. The summed E-state index contributed by atoms with van der Waals surface area (Å²) in [4.78, 5) is 0. The fourth-order valence-electron chi connectivity index (χ4n) is 1.99. The van der Waals surface area contributed by atoms with Crippen LogP contribution in [-0.4, -0.2) is 0 Å². The molecule has 0 atom stereocenters. The van der Waals surface area contributed by atoms with Crippen LogP contribution in [0.3, 0.4) is 0 Å². The van der Waals surface area contributed by atoms with Gasteiger partial charge < -0.3 is 9.73 Å². The van der Waals surface area contributed by atoms with Crippen molar-refractivity contribution < 1.29 is 8.81 Å². The minimum Gasteiger partial charge on any atom is -0.441 e. The fraction of sp³-hybridized carbons (Fsp3) is 0.0588. The van der Waals surface area contributed by atoms with E-state index in [9.17, 15) is 4.39 Å². The van der Waals surface area contributed by atoms with E-state index in [1.54, 1.807) is 12.1 Å². The van der Waals surface area contributed by atoms with Gasteiger partial charge in [0.25, 0.3) is 0 Å². The van der Waals surface area contributed by atoms with Crippen molar-refractivity contribution in [2.75, 3.05) is 5.32 Å². The van der Waals surface area contributed by atoms with Gasteiger partial charge in [-0.25, -0.2) is 4.39 Å². The van der Waals surface area contributed by atoms with Crippen molar-refractivity contribution in [1.82, 2.24) is 0 Å². The number of halogens is 3. The van der Waals surface area contributed by atoms with Crippen molar-refractivity contribution in [3.63, 3.8) is 0 Å². The molecule has 1 heterocycles. The lowest BCUT2D eigenvalue weighted by molar-refractivity contribution is 0.593. The minimum absolute atomic E-state index is 0. The quantitative estimate of drug-likeness (QED) is 0.653.